The highest BCUT2D eigenvalue weighted by atomic mass is 19.1. The molecule has 1 saturated heterocycles. The van der Waals surface area contributed by atoms with Crippen molar-refractivity contribution >= 4 is 5.97 Å². The van der Waals surface area contributed by atoms with Crippen LogP contribution >= 0.6 is 0 Å². The number of carbonyl (C=O) groups is 1. The first kappa shape index (κ1) is 20.0. The first-order valence-corrected chi connectivity index (χ1v) is 9.69. The van der Waals surface area contributed by atoms with E-state index in [0.29, 0.717) is 29.0 Å². The Kier molecular flexibility index (Phi) is 6.04. The zero-order chi connectivity index (χ0) is 20.9. The van der Waals surface area contributed by atoms with Gasteiger partial charge in [-0.05, 0) is 55.7 Å². The van der Waals surface area contributed by atoms with Crippen molar-refractivity contribution in [2.24, 2.45) is 0 Å². The molecule has 0 N–H and O–H groups in total. The molecule has 0 saturated carbocycles. The van der Waals surface area contributed by atoms with E-state index in [4.69, 9.17) is 18.7 Å². The Morgan fingerprint density at radius 3 is 2.80 bits per heavy atom. The van der Waals surface area contributed by atoms with E-state index in [9.17, 15) is 9.18 Å². The average molecular weight is 412 g/mol. The molecule has 1 aliphatic rings. The van der Waals surface area contributed by atoms with Gasteiger partial charge in [0.1, 0.15) is 18.2 Å². The van der Waals surface area contributed by atoms with Gasteiger partial charge in [0, 0.05) is 12.2 Å². The van der Waals surface area contributed by atoms with E-state index in [1.165, 1.54) is 6.07 Å². The molecule has 1 aliphatic heterocycles. The monoisotopic (exact) mass is 412 g/mol. The lowest BCUT2D eigenvalue weighted by Crippen LogP contribution is -2.16. The van der Waals surface area contributed by atoms with Crippen molar-refractivity contribution in [3.8, 4) is 17.1 Å². The van der Waals surface area contributed by atoms with Crippen molar-refractivity contribution in [3.05, 3.63) is 65.3 Å². The van der Waals surface area contributed by atoms with Crippen molar-refractivity contribution in [1.29, 1.82) is 0 Å². The maximum atomic E-state index is 13.7. The van der Waals surface area contributed by atoms with Crippen LogP contribution in [0.4, 0.5) is 4.39 Å². The molecule has 0 bridgehead atoms. The zero-order valence-electron chi connectivity index (χ0n) is 16.5. The molecule has 1 atom stereocenters. The molecule has 2 aromatic carbocycles. The quantitative estimate of drug-likeness (QED) is 0.540. The van der Waals surface area contributed by atoms with Gasteiger partial charge < -0.3 is 18.7 Å². The van der Waals surface area contributed by atoms with Crippen LogP contribution in [0, 0.1) is 12.7 Å². The molecule has 1 fully saturated rings. The summed E-state index contributed by atoms with van der Waals surface area (Å²) in [6, 6.07) is 11.3. The second-order valence-electron chi connectivity index (χ2n) is 7.02. The predicted octanol–water partition coefficient (Wildman–Crippen LogP) is 4.10. The molecular weight excluding hydrogens is 391 g/mol. The van der Waals surface area contributed by atoms with Crippen LogP contribution in [0.3, 0.4) is 0 Å². The van der Waals surface area contributed by atoms with Crippen molar-refractivity contribution in [1.82, 2.24) is 10.1 Å². The summed E-state index contributed by atoms with van der Waals surface area (Å²) >= 11 is 0. The fraction of sp³-hybridized carbons (Fsp3) is 0.318. The fourth-order valence-corrected chi connectivity index (χ4v) is 3.03. The number of hydrogen-bond acceptors (Lipinski definition) is 7. The Morgan fingerprint density at radius 1 is 1.23 bits per heavy atom. The summed E-state index contributed by atoms with van der Waals surface area (Å²) in [6.45, 7) is 2.76. The predicted molar refractivity (Wildman–Crippen MR) is 104 cm³/mol. The minimum Gasteiger partial charge on any atom is -0.491 e. The molecule has 2 heterocycles. The summed E-state index contributed by atoms with van der Waals surface area (Å²) in [7, 11) is 0. The second-order valence-corrected chi connectivity index (χ2v) is 7.02. The molecule has 0 spiro atoms. The van der Waals surface area contributed by atoms with E-state index in [-0.39, 0.29) is 30.2 Å². The number of aryl methyl sites for hydroxylation is 1. The Morgan fingerprint density at radius 2 is 2.07 bits per heavy atom. The molecular formula is C22H21FN2O5. The van der Waals surface area contributed by atoms with Crippen molar-refractivity contribution in [3.63, 3.8) is 0 Å². The molecule has 30 heavy (non-hydrogen) atoms. The Bertz CT molecular complexity index is 1010. The molecule has 8 heteroatoms. The highest BCUT2D eigenvalue weighted by Gasteiger charge is 2.17. The third kappa shape index (κ3) is 4.83. The third-order valence-corrected chi connectivity index (χ3v) is 4.77. The van der Waals surface area contributed by atoms with E-state index in [2.05, 4.69) is 10.1 Å². The summed E-state index contributed by atoms with van der Waals surface area (Å²) in [6.07, 6.45) is 2.19. The second kappa shape index (κ2) is 9.04. The lowest BCUT2D eigenvalue weighted by Gasteiger charge is -2.11. The Hall–Kier alpha value is -3.26. The van der Waals surface area contributed by atoms with Crippen LogP contribution in [0.25, 0.3) is 11.4 Å². The minimum atomic E-state index is -0.526. The number of hydrogen-bond donors (Lipinski definition) is 0. The van der Waals surface area contributed by atoms with E-state index in [1.54, 1.807) is 43.3 Å². The molecule has 0 aliphatic carbocycles. The van der Waals surface area contributed by atoms with Gasteiger partial charge in [-0.15, -0.1) is 0 Å². The maximum Gasteiger partial charge on any atom is 0.338 e. The molecule has 7 nitrogen and oxygen atoms in total. The standard InChI is InChI=1S/C22H21FN2O5/c1-14-4-5-16(11-19(14)23)21-24-20(30-25-21)13-29-22(26)15-6-8-17(9-7-15)28-12-18-3-2-10-27-18/h4-9,11,18H,2-3,10,12-13H2,1H3. The number of esters is 1. The molecule has 156 valence electrons. The van der Waals surface area contributed by atoms with Gasteiger partial charge >= 0.3 is 5.97 Å². The number of benzene rings is 2. The van der Waals surface area contributed by atoms with Gasteiger partial charge in [0.05, 0.1) is 11.7 Å². The van der Waals surface area contributed by atoms with E-state index in [0.717, 1.165) is 19.4 Å². The van der Waals surface area contributed by atoms with Gasteiger partial charge in [-0.3, -0.25) is 0 Å². The number of halogens is 1. The molecule has 3 aromatic rings. The Labute approximate surface area is 172 Å². The smallest absolute Gasteiger partial charge is 0.338 e. The van der Waals surface area contributed by atoms with E-state index < -0.39 is 5.97 Å². The normalized spacial score (nSPS) is 15.9. The molecule has 4 rings (SSSR count). The summed E-state index contributed by atoms with van der Waals surface area (Å²) in [4.78, 5) is 16.4. The number of ether oxygens (including phenoxy) is 3. The minimum absolute atomic E-state index is 0.121. The van der Waals surface area contributed by atoms with E-state index in [1.807, 2.05) is 0 Å². The summed E-state index contributed by atoms with van der Waals surface area (Å²) in [5.41, 5.74) is 1.39. The van der Waals surface area contributed by atoms with Crippen LogP contribution in [0.15, 0.2) is 47.0 Å². The lowest BCUT2D eigenvalue weighted by atomic mass is 10.1. The molecule has 0 radical (unpaired) electrons. The molecule has 0 amide bonds. The van der Waals surface area contributed by atoms with Crippen molar-refractivity contribution < 1.29 is 27.9 Å². The highest BCUT2D eigenvalue weighted by Crippen LogP contribution is 2.20. The lowest BCUT2D eigenvalue weighted by molar-refractivity contribution is 0.0429. The number of aromatic nitrogens is 2. The Balaban J connectivity index is 1.30. The van der Waals surface area contributed by atoms with Crippen LogP contribution in [0.1, 0.15) is 34.7 Å². The summed E-state index contributed by atoms with van der Waals surface area (Å²) in [5, 5.41) is 3.80. The third-order valence-electron chi connectivity index (χ3n) is 4.77. The van der Waals surface area contributed by atoms with Crippen LogP contribution in [0.5, 0.6) is 5.75 Å². The van der Waals surface area contributed by atoms with E-state index >= 15 is 0 Å². The summed E-state index contributed by atoms with van der Waals surface area (Å²) < 4.78 is 35.2. The molecule has 1 unspecified atom stereocenters. The largest absolute Gasteiger partial charge is 0.491 e. The first-order chi connectivity index (χ1) is 14.6. The number of nitrogens with zero attached hydrogens (tertiary/aromatic N) is 2. The van der Waals surface area contributed by atoms with Crippen molar-refractivity contribution in [2.45, 2.75) is 32.5 Å². The van der Waals surface area contributed by atoms with Gasteiger partial charge in [0.15, 0.2) is 6.61 Å². The topological polar surface area (TPSA) is 83.7 Å². The van der Waals surface area contributed by atoms with Gasteiger partial charge in [-0.1, -0.05) is 17.3 Å². The van der Waals surface area contributed by atoms with Gasteiger partial charge in [0.25, 0.3) is 5.89 Å². The zero-order valence-corrected chi connectivity index (χ0v) is 16.5. The highest BCUT2D eigenvalue weighted by molar-refractivity contribution is 5.89. The van der Waals surface area contributed by atoms with Gasteiger partial charge in [-0.2, -0.15) is 4.98 Å². The number of rotatable bonds is 7. The van der Waals surface area contributed by atoms with Crippen LogP contribution < -0.4 is 4.74 Å². The fourth-order valence-electron chi connectivity index (χ4n) is 3.03. The van der Waals surface area contributed by atoms with Crippen LogP contribution in [0.2, 0.25) is 0 Å². The van der Waals surface area contributed by atoms with Crippen LogP contribution in [-0.2, 0) is 16.1 Å². The van der Waals surface area contributed by atoms with Crippen LogP contribution in [-0.4, -0.2) is 35.4 Å². The van der Waals surface area contributed by atoms with Gasteiger partial charge in [0.2, 0.25) is 5.82 Å². The van der Waals surface area contributed by atoms with Crippen molar-refractivity contribution in [2.75, 3.05) is 13.2 Å². The molecule has 1 aromatic heterocycles. The average Bonchev–Trinajstić information content (AvgIpc) is 3.45. The van der Waals surface area contributed by atoms with Gasteiger partial charge in [-0.25, -0.2) is 9.18 Å². The maximum absolute atomic E-state index is 13.7. The SMILES string of the molecule is Cc1ccc(-c2noc(COC(=O)c3ccc(OCC4CCCO4)cc3)n2)cc1F. The first-order valence-electron chi connectivity index (χ1n) is 9.69. The summed E-state index contributed by atoms with van der Waals surface area (Å²) in [5.74, 6) is 0.132. The number of carbonyl (C=O) groups excluding carboxylic acids is 1.